The zero-order valence-electron chi connectivity index (χ0n) is 19.1. The number of amides is 1. The number of ketones is 1. The topological polar surface area (TPSA) is 62.1 Å². The summed E-state index contributed by atoms with van der Waals surface area (Å²) in [4.78, 5) is 29.9. The number of rotatable bonds is 8. The van der Waals surface area contributed by atoms with Gasteiger partial charge in [-0.05, 0) is 41.8 Å². The minimum atomic E-state index is -0.578. The number of carbonyl (C=O) groups excluding carboxylic acids is 2. The molecule has 2 N–H and O–H groups in total. The van der Waals surface area contributed by atoms with Gasteiger partial charge in [0.25, 0.3) is 5.91 Å². The van der Waals surface area contributed by atoms with Crippen LogP contribution < -0.4 is 4.90 Å². The van der Waals surface area contributed by atoms with Crippen molar-refractivity contribution >= 4 is 23.0 Å². The standard InChI is InChI=1S/C25H32N2O3S/c1-6-26(7-2)14-15-27-21(17-10-12-18(13-11-17)25(3,4)5)20(23(29)24(27)30)22(28)19-9-8-16-31-19/h8-13,16,21,29H,6-7,14-15H2,1-5H3/p+1. The van der Waals surface area contributed by atoms with Gasteiger partial charge in [0.2, 0.25) is 5.78 Å². The second kappa shape index (κ2) is 9.37. The summed E-state index contributed by atoms with van der Waals surface area (Å²) in [6.07, 6.45) is 0. The van der Waals surface area contributed by atoms with Crippen LogP contribution in [-0.2, 0) is 10.2 Å². The van der Waals surface area contributed by atoms with Gasteiger partial charge in [0.1, 0.15) is 0 Å². The van der Waals surface area contributed by atoms with Crippen molar-refractivity contribution in [1.82, 2.24) is 4.90 Å². The van der Waals surface area contributed by atoms with Gasteiger partial charge >= 0.3 is 0 Å². The minimum absolute atomic E-state index is 0.00339. The second-order valence-electron chi connectivity index (χ2n) is 9.05. The third-order valence-electron chi connectivity index (χ3n) is 6.09. The molecule has 31 heavy (non-hydrogen) atoms. The van der Waals surface area contributed by atoms with Gasteiger partial charge in [-0.25, -0.2) is 0 Å². The van der Waals surface area contributed by atoms with Crippen LogP contribution in [0.15, 0.2) is 53.1 Å². The molecule has 2 heterocycles. The number of Topliss-reactive ketones (excluding diaryl/α,β-unsaturated/α-hetero) is 1. The largest absolute Gasteiger partial charge is 0.503 e. The van der Waals surface area contributed by atoms with Gasteiger partial charge in [-0.15, -0.1) is 11.3 Å². The molecule has 6 heteroatoms. The van der Waals surface area contributed by atoms with Crippen LogP contribution >= 0.6 is 11.3 Å². The van der Waals surface area contributed by atoms with Crippen molar-refractivity contribution < 1.29 is 19.6 Å². The fourth-order valence-electron chi connectivity index (χ4n) is 4.05. The highest BCUT2D eigenvalue weighted by Gasteiger charge is 2.44. The number of carbonyl (C=O) groups is 2. The molecule has 3 rings (SSSR count). The molecule has 0 saturated carbocycles. The SMILES string of the molecule is CC[NH+](CC)CCN1C(=O)C(O)=C(C(=O)c2cccs2)C1c1ccc(C(C)(C)C)cc1. The van der Waals surface area contributed by atoms with E-state index in [1.54, 1.807) is 17.0 Å². The van der Waals surface area contributed by atoms with E-state index in [0.717, 1.165) is 25.2 Å². The van der Waals surface area contributed by atoms with Crippen LogP contribution in [-0.4, -0.2) is 47.9 Å². The van der Waals surface area contributed by atoms with Crippen LogP contribution in [0.3, 0.4) is 0 Å². The highest BCUT2D eigenvalue weighted by molar-refractivity contribution is 7.12. The molecule has 0 radical (unpaired) electrons. The summed E-state index contributed by atoms with van der Waals surface area (Å²) in [5.41, 5.74) is 2.22. The predicted molar refractivity (Wildman–Crippen MR) is 125 cm³/mol. The van der Waals surface area contributed by atoms with Crippen LogP contribution in [0.5, 0.6) is 0 Å². The number of hydrogen-bond acceptors (Lipinski definition) is 4. The lowest BCUT2D eigenvalue weighted by Gasteiger charge is -2.28. The number of quaternary nitrogens is 1. The third-order valence-corrected chi connectivity index (χ3v) is 6.96. The molecular weight excluding hydrogens is 408 g/mol. The predicted octanol–water partition coefficient (Wildman–Crippen LogP) is 3.55. The molecule has 1 aromatic heterocycles. The van der Waals surface area contributed by atoms with E-state index in [4.69, 9.17) is 0 Å². The van der Waals surface area contributed by atoms with Gasteiger partial charge in [0.05, 0.1) is 42.7 Å². The Morgan fingerprint density at radius 2 is 1.77 bits per heavy atom. The highest BCUT2D eigenvalue weighted by atomic mass is 32.1. The van der Waals surface area contributed by atoms with Crippen LogP contribution in [0.1, 0.15) is 61.5 Å². The number of likely N-dealkylation sites (N-methyl/N-ethyl adjacent to an activating group) is 1. The van der Waals surface area contributed by atoms with Gasteiger partial charge in [-0.3, -0.25) is 9.59 Å². The molecule has 1 aliphatic heterocycles. The van der Waals surface area contributed by atoms with Gasteiger partial charge in [-0.2, -0.15) is 0 Å². The molecule has 0 spiro atoms. The lowest BCUT2D eigenvalue weighted by molar-refractivity contribution is -0.895. The van der Waals surface area contributed by atoms with Crippen molar-refractivity contribution in [1.29, 1.82) is 0 Å². The first-order chi connectivity index (χ1) is 14.7. The molecule has 1 aliphatic rings. The molecular formula is C25H33N2O3S+. The molecule has 0 saturated heterocycles. The van der Waals surface area contributed by atoms with Crippen LogP contribution in [0.4, 0.5) is 0 Å². The number of nitrogens with zero attached hydrogens (tertiary/aromatic N) is 1. The van der Waals surface area contributed by atoms with Crippen molar-refractivity contribution in [3.8, 4) is 0 Å². The third kappa shape index (κ3) is 4.75. The summed E-state index contributed by atoms with van der Waals surface area (Å²) in [7, 11) is 0. The first kappa shape index (κ1) is 23.2. The van der Waals surface area contributed by atoms with Crippen LogP contribution in [0, 0.1) is 0 Å². The molecule has 1 aromatic carbocycles. The Hall–Kier alpha value is -2.44. The molecule has 0 bridgehead atoms. The molecule has 0 fully saturated rings. The molecule has 166 valence electrons. The van der Waals surface area contributed by atoms with E-state index in [0.29, 0.717) is 11.4 Å². The van der Waals surface area contributed by atoms with Gasteiger partial charge < -0.3 is 14.9 Å². The van der Waals surface area contributed by atoms with Gasteiger partial charge in [-0.1, -0.05) is 51.1 Å². The number of nitrogens with one attached hydrogen (secondary N) is 1. The van der Waals surface area contributed by atoms with E-state index in [2.05, 4.69) is 46.8 Å². The van der Waals surface area contributed by atoms with Crippen LogP contribution in [0.25, 0.3) is 0 Å². The Bertz CT molecular complexity index is 952. The Morgan fingerprint density at radius 1 is 1.13 bits per heavy atom. The highest BCUT2D eigenvalue weighted by Crippen LogP contribution is 2.39. The van der Waals surface area contributed by atoms with E-state index < -0.39 is 17.7 Å². The van der Waals surface area contributed by atoms with Crippen molar-refractivity contribution in [2.75, 3.05) is 26.2 Å². The fourth-order valence-corrected chi connectivity index (χ4v) is 4.73. The number of benzene rings is 1. The second-order valence-corrected chi connectivity index (χ2v) is 10.00. The van der Waals surface area contributed by atoms with E-state index in [9.17, 15) is 14.7 Å². The van der Waals surface area contributed by atoms with E-state index >= 15 is 0 Å². The van der Waals surface area contributed by atoms with Crippen molar-refractivity contribution in [3.63, 3.8) is 0 Å². The van der Waals surface area contributed by atoms with E-state index in [1.807, 2.05) is 17.5 Å². The van der Waals surface area contributed by atoms with Crippen molar-refractivity contribution in [3.05, 3.63) is 69.1 Å². The van der Waals surface area contributed by atoms with Crippen molar-refractivity contribution in [2.24, 2.45) is 0 Å². The Labute approximate surface area is 189 Å². The maximum Gasteiger partial charge on any atom is 0.290 e. The molecule has 1 unspecified atom stereocenters. The fraction of sp³-hybridized carbons (Fsp3) is 0.440. The summed E-state index contributed by atoms with van der Waals surface area (Å²) < 4.78 is 0. The minimum Gasteiger partial charge on any atom is -0.503 e. The summed E-state index contributed by atoms with van der Waals surface area (Å²) in [6, 6.07) is 11.0. The van der Waals surface area contributed by atoms with Gasteiger partial charge in [0, 0.05) is 0 Å². The molecule has 1 amide bonds. The Morgan fingerprint density at radius 3 is 2.29 bits per heavy atom. The normalized spacial score (nSPS) is 17.2. The summed E-state index contributed by atoms with van der Waals surface area (Å²) >= 11 is 1.32. The number of aliphatic hydroxyl groups is 1. The zero-order valence-corrected chi connectivity index (χ0v) is 19.9. The van der Waals surface area contributed by atoms with E-state index in [-0.39, 0.29) is 16.8 Å². The number of aliphatic hydroxyl groups excluding tert-OH is 1. The average Bonchev–Trinajstić information content (AvgIpc) is 3.36. The molecule has 0 aliphatic carbocycles. The lowest BCUT2D eigenvalue weighted by atomic mass is 9.85. The number of hydrogen-bond donors (Lipinski definition) is 2. The molecule has 2 aromatic rings. The molecule has 5 nitrogen and oxygen atoms in total. The van der Waals surface area contributed by atoms with Crippen LogP contribution in [0.2, 0.25) is 0 Å². The summed E-state index contributed by atoms with van der Waals surface area (Å²) in [5.74, 6) is -1.15. The van der Waals surface area contributed by atoms with E-state index in [1.165, 1.54) is 21.8 Å². The maximum atomic E-state index is 13.3. The average molecular weight is 442 g/mol. The quantitative estimate of drug-likeness (QED) is 0.616. The molecule has 1 atom stereocenters. The smallest absolute Gasteiger partial charge is 0.290 e. The first-order valence-corrected chi connectivity index (χ1v) is 11.8. The Kier molecular flexibility index (Phi) is 7.02. The maximum absolute atomic E-state index is 13.3. The monoisotopic (exact) mass is 441 g/mol. The van der Waals surface area contributed by atoms with Gasteiger partial charge in [0.15, 0.2) is 5.76 Å². The first-order valence-electron chi connectivity index (χ1n) is 10.9. The van der Waals surface area contributed by atoms with Crippen molar-refractivity contribution in [2.45, 2.75) is 46.1 Å². The number of thiophene rings is 1. The lowest BCUT2D eigenvalue weighted by Crippen LogP contribution is -3.12. The summed E-state index contributed by atoms with van der Waals surface area (Å²) in [6.45, 7) is 13.9. The Balaban J connectivity index is 2.02. The zero-order chi connectivity index (χ0) is 22.8. The summed E-state index contributed by atoms with van der Waals surface area (Å²) in [5, 5.41) is 12.6.